The number of carbonyl (C=O) groups excluding carboxylic acids is 1. The molecule has 0 aliphatic carbocycles. The van der Waals surface area contributed by atoms with E-state index in [0.29, 0.717) is 29.2 Å². The van der Waals surface area contributed by atoms with Crippen molar-refractivity contribution in [2.24, 2.45) is 0 Å². The van der Waals surface area contributed by atoms with Gasteiger partial charge in [0, 0.05) is 41.2 Å². The number of thiazole rings is 1. The molecule has 4 aromatic rings. The van der Waals surface area contributed by atoms with E-state index in [2.05, 4.69) is 16.3 Å². The van der Waals surface area contributed by atoms with Gasteiger partial charge in [0.2, 0.25) is 0 Å². The van der Waals surface area contributed by atoms with Crippen molar-refractivity contribution in [1.29, 1.82) is 5.26 Å². The number of aromatic nitrogens is 1. The fraction of sp³-hybridized carbons (Fsp3) is 0.143. The van der Waals surface area contributed by atoms with Crippen molar-refractivity contribution in [2.45, 2.75) is 19.5 Å². The zero-order valence-corrected chi connectivity index (χ0v) is 21.3. The summed E-state index contributed by atoms with van der Waals surface area (Å²) in [6.45, 7) is 1.13. The van der Waals surface area contributed by atoms with Gasteiger partial charge in [0.1, 0.15) is 0 Å². The Hall–Kier alpha value is -4.19. The van der Waals surface area contributed by atoms with E-state index in [1.165, 1.54) is 11.3 Å². The quantitative estimate of drug-likeness (QED) is 0.270. The number of hydrogen-bond donors (Lipinski definition) is 2. The Morgan fingerprint density at radius 2 is 1.84 bits per heavy atom. The average Bonchev–Trinajstić information content (AvgIpc) is 3.40. The largest absolute Gasteiger partial charge is 0.481 e. The SMILES string of the molecule is N#Cc1cccc(-c2csc(N(Cc3ccc(C(=O)NCCC(=O)O)cc3)Cc3ccccc3Cl)n2)c1. The van der Waals surface area contributed by atoms with Crippen molar-refractivity contribution in [3.63, 3.8) is 0 Å². The summed E-state index contributed by atoms with van der Waals surface area (Å²) in [6.07, 6.45) is -0.128. The van der Waals surface area contributed by atoms with Crippen LogP contribution in [0.4, 0.5) is 5.13 Å². The maximum atomic E-state index is 12.3. The first kappa shape index (κ1) is 25.9. The van der Waals surface area contributed by atoms with Crippen molar-refractivity contribution < 1.29 is 14.7 Å². The zero-order chi connectivity index (χ0) is 26.2. The number of aliphatic carboxylic acids is 1. The summed E-state index contributed by atoms with van der Waals surface area (Å²) in [7, 11) is 0. The Kier molecular flexibility index (Phi) is 8.52. The third-order valence-corrected chi connectivity index (χ3v) is 6.85. The van der Waals surface area contributed by atoms with Crippen LogP contribution < -0.4 is 10.2 Å². The Morgan fingerprint density at radius 3 is 2.57 bits per heavy atom. The minimum atomic E-state index is -0.961. The first-order valence-corrected chi connectivity index (χ1v) is 12.7. The minimum absolute atomic E-state index is 0.0746. The molecule has 0 fully saturated rings. The van der Waals surface area contributed by atoms with Crippen LogP contribution in [0.5, 0.6) is 0 Å². The molecular formula is C28H23ClN4O3S. The molecule has 0 radical (unpaired) electrons. The summed E-state index contributed by atoms with van der Waals surface area (Å²) < 4.78 is 0. The molecule has 37 heavy (non-hydrogen) atoms. The Morgan fingerprint density at radius 1 is 1.05 bits per heavy atom. The van der Waals surface area contributed by atoms with Crippen LogP contribution >= 0.6 is 22.9 Å². The molecule has 186 valence electrons. The number of carboxylic acids is 1. The molecule has 1 heterocycles. The van der Waals surface area contributed by atoms with Gasteiger partial charge in [-0.15, -0.1) is 11.3 Å². The number of carboxylic acid groups (broad SMARTS) is 1. The van der Waals surface area contributed by atoms with Gasteiger partial charge in [-0.3, -0.25) is 9.59 Å². The highest BCUT2D eigenvalue weighted by molar-refractivity contribution is 7.14. The van der Waals surface area contributed by atoms with E-state index < -0.39 is 5.97 Å². The smallest absolute Gasteiger partial charge is 0.305 e. The normalized spacial score (nSPS) is 10.5. The summed E-state index contributed by atoms with van der Waals surface area (Å²) in [4.78, 5) is 29.9. The molecule has 1 aromatic heterocycles. The van der Waals surface area contributed by atoms with E-state index in [1.807, 2.05) is 60.0 Å². The van der Waals surface area contributed by atoms with Crippen molar-refractivity contribution in [3.05, 3.63) is 105 Å². The van der Waals surface area contributed by atoms with Gasteiger partial charge in [0.15, 0.2) is 5.13 Å². The van der Waals surface area contributed by atoms with Crippen molar-refractivity contribution in [1.82, 2.24) is 10.3 Å². The lowest BCUT2D eigenvalue weighted by Gasteiger charge is -2.23. The van der Waals surface area contributed by atoms with Crippen LogP contribution in [0, 0.1) is 11.3 Å². The minimum Gasteiger partial charge on any atom is -0.481 e. The number of amides is 1. The maximum Gasteiger partial charge on any atom is 0.305 e. The number of nitriles is 1. The molecule has 1 amide bonds. The molecule has 0 aliphatic rings. The lowest BCUT2D eigenvalue weighted by molar-refractivity contribution is -0.136. The van der Waals surface area contributed by atoms with Crippen LogP contribution in [0.2, 0.25) is 5.02 Å². The Balaban J connectivity index is 1.55. The van der Waals surface area contributed by atoms with Crippen molar-refractivity contribution in [2.75, 3.05) is 11.4 Å². The molecule has 0 bridgehead atoms. The Bertz CT molecular complexity index is 1450. The molecule has 0 aliphatic heterocycles. The molecule has 9 heteroatoms. The molecule has 3 aromatic carbocycles. The van der Waals surface area contributed by atoms with Gasteiger partial charge in [0.05, 0.1) is 23.7 Å². The van der Waals surface area contributed by atoms with Crippen LogP contribution in [0.15, 0.2) is 78.2 Å². The fourth-order valence-corrected chi connectivity index (χ4v) is 4.71. The summed E-state index contributed by atoms with van der Waals surface area (Å²) in [5, 5.41) is 24.0. The lowest BCUT2D eigenvalue weighted by atomic mass is 10.1. The molecule has 4 rings (SSSR count). The van der Waals surface area contributed by atoms with E-state index in [4.69, 9.17) is 21.7 Å². The van der Waals surface area contributed by atoms with Gasteiger partial charge in [0.25, 0.3) is 5.91 Å². The topological polar surface area (TPSA) is 106 Å². The van der Waals surface area contributed by atoms with E-state index in [9.17, 15) is 14.9 Å². The first-order chi connectivity index (χ1) is 17.9. The third kappa shape index (κ3) is 6.94. The number of benzene rings is 3. The molecule has 0 saturated heterocycles. The standard InChI is InChI=1S/C28H23ClN4O3S/c29-24-7-2-1-5-23(24)17-33(28-32-25(18-37-28)22-6-3-4-20(14-22)15-30)16-19-8-10-21(11-9-19)27(36)31-13-12-26(34)35/h1-11,14,18H,12-13,16-17H2,(H,31,36)(H,34,35). The number of anilines is 1. The van der Waals surface area contributed by atoms with Crippen LogP contribution in [-0.2, 0) is 17.9 Å². The predicted molar refractivity (Wildman–Crippen MR) is 145 cm³/mol. The second kappa shape index (κ2) is 12.2. The second-order valence-corrected chi connectivity index (χ2v) is 9.50. The number of hydrogen-bond acceptors (Lipinski definition) is 6. The summed E-state index contributed by atoms with van der Waals surface area (Å²) in [5.74, 6) is -1.28. The maximum absolute atomic E-state index is 12.3. The number of nitrogens with one attached hydrogen (secondary N) is 1. The molecule has 0 saturated carbocycles. The highest BCUT2D eigenvalue weighted by Gasteiger charge is 2.16. The Labute approximate surface area is 223 Å². The monoisotopic (exact) mass is 530 g/mol. The molecular weight excluding hydrogens is 508 g/mol. The number of nitrogens with zero attached hydrogens (tertiary/aromatic N) is 3. The van der Waals surface area contributed by atoms with Gasteiger partial charge in [-0.1, -0.05) is 54.1 Å². The van der Waals surface area contributed by atoms with Crippen LogP contribution in [0.25, 0.3) is 11.3 Å². The number of rotatable bonds is 10. The van der Waals surface area contributed by atoms with Crippen LogP contribution in [-0.4, -0.2) is 28.5 Å². The van der Waals surface area contributed by atoms with E-state index in [1.54, 1.807) is 18.2 Å². The number of carbonyl (C=O) groups is 2. The van der Waals surface area contributed by atoms with Crippen LogP contribution in [0.1, 0.15) is 33.5 Å². The molecule has 0 unspecified atom stereocenters. The van der Waals surface area contributed by atoms with Gasteiger partial charge >= 0.3 is 5.97 Å². The molecule has 7 nitrogen and oxygen atoms in total. The highest BCUT2D eigenvalue weighted by Crippen LogP contribution is 2.31. The lowest BCUT2D eigenvalue weighted by Crippen LogP contribution is -2.26. The zero-order valence-electron chi connectivity index (χ0n) is 19.7. The molecule has 2 N–H and O–H groups in total. The average molecular weight is 531 g/mol. The molecule has 0 atom stereocenters. The first-order valence-electron chi connectivity index (χ1n) is 11.5. The fourth-order valence-electron chi connectivity index (χ4n) is 3.68. The summed E-state index contributed by atoms with van der Waals surface area (Å²) in [6, 6.07) is 24.4. The number of halogens is 1. The third-order valence-electron chi connectivity index (χ3n) is 5.58. The van der Waals surface area contributed by atoms with Crippen molar-refractivity contribution >= 4 is 39.9 Å². The van der Waals surface area contributed by atoms with Crippen LogP contribution in [0.3, 0.4) is 0 Å². The van der Waals surface area contributed by atoms with Gasteiger partial charge in [-0.25, -0.2) is 4.98 Å². The van der Waals surface area contributed by atoms with E-state index >= 15 is 0 Å². The molecule has 0 spiro atoms. The van der Waals surface area contributed by atoms with Crippen molar-refractivity contribution in [3.8, 4) is 17.3 Å². The van der Waals surface area contributed by atoms with E-state index in [0.717, 1.165) is 27.5 Å². The predicted octanol–water partition coefficient (Wildman–Crippen LogP) is 5.75. The highest BCUT2D eigenvalue weighted by atomic mass is 35.5. The summed E-state index contributed by atoms with van der Waals surface area (Å²) in [5.41, 5.74) is 4.62. The van der Waals surface area contributed by atoms with Gasteiger partial charge < -0.3 is 15.3 Å². The second-order valence-electron chi connectivity index (χ2n) is 8.25. The van der Waals surface area contributed by atoms with Gasteiger partial charge in [-0.2, -0.15) is 5.26 Å². The van der Waals surface area contributed by atoms with Gasteiger partial charge in [-0.05, 0) is 41.5 Å². The van der Waals surface area contributed by atoms with E-state index in [-0.39, 0.29) is 18.9 Å². The summed E-state index contributed by atoms with van der Waals surface area (Å²) >= 11 is 7.96.